The zero-order valence-corrected chi connectivity index (χ0v) is 18.5. The number of carbonyl (C=O) groups excluding carboxylic acids is 2. The first-order chi connectivity index (χ1) is 13.1. The zero-order chi connectivity index (χ0) is 20.9. The Labute approximate surface area is 177 Å². The normalized spacial score (nSPS) is 12.3. The number of amides is 2. The molecule has 28 heavy (non-hydrogen) atoms. The lowest BCUT2D eigenvalue weighted by Gasteiger charge is -2.19. The van der Waals surface area contributed by atoms with E-state index in [0.717, 1.165) is 11.8 Å². The Morgan fingerprint density at radius 2 is 1.86 bits per heavy atom. The quantitative estimate of drug-likeness (QED) is 0.624. The molecule has 2 aromatic rings. The van der Waals surface area contributed by atoms with Gasteiger partial charge in [0.1, 0.15) is 15.9 Å². The number of rotatable bonds is 7. The highest BCUT2D eigenvalue weighted by molar-refractivity contribution is 9.10. The molecule has 0 heterocycles. The van der Waals surface area contributed by atoms with Gasteiger partial charge >= 0.3 is 0 Å². The molecule has 2 N–H and O–H groups in total. The van der Waals surface area contributed by atoms with Gasteiger partial charge in [-0.1, -0.05) is 29.8 Å². The first kappa shape index (κ1) is 22.4. The summed E-state index contributed by atoms with van der Waals surface area (Å²) in [6.45, 7) is 1.83. The maximum atomic E-state index is 12.7. The summed E-state index contributed by atoms with van der Waals surface area (Å²) in [4.78, 5) is 25.3. The second-order valence-electron chi connectivity index (χ2n) is 6.38. The summed E-state index contributed by atoms with van der Waals surface area (Å²) in [7, 11) is -3.31. The Hall–Kier alpha value is -1.90. The van der Waals surface area contributed by atoms with Crippen molar-refractivity contribution in [2.75, 3.05) is 17.3 Å². The van der Waals surface area contributed by atoms with Gasteiger partial charge < -0.3 is 10.6 Å². The lowest BCUT2D eigenvalue weighted by molar-refractivity contribution is -0.118. The molecule has 2 rings (SSSR count). The number of hydrogen-bond donors (Lipinski definition) is 2. The number of benzene rings is 2. The van der Waals surface area contributed by atoms with Crippen molar-refractivity contribution in [3.05, 3.63) is 63.1 Å². The molecule has 0 radical (unpaired) electrons. The van der Waals surface area contributed by atoms with E-state index < -0.39 is 27.7 Å². The van der Waals surface area contributed by atoms with Crippen LogP contribution in [-0.2, 0) is 14.6 Å². The van der Waals surface area contributed by atoms with E-state index in [1.165, 1.54) is 0 Å². The van der Waals surface area contributed by atoms with E-state index in [4.69, 9.17) is 11.6 Å². The Morgan fingerprint density at radius 1 is 1.18 bits per heavy atom. The average Bonchev–Trinajstić information content (AvgIpc) is 2.61. The maximum Gasteiger partial charge on any atom is 0.253 e. The van der Waals surface area contributed by atoms with Crippen LogP contribution in [0.5, 0.6) is 0 Å². The number of sulfone groups is 1. The monoisotopic (exact) mass is 486 g/mol. The predicted molar refractivity (Wildman–Crippen MR) is 115 cm³/mol. The Bertz CT molecular complexity index is 995. The van der Waals surface area contributed by atoms with Gasteiger partial charge in [0.15, 0.2) is 0 Å². The number of aryl methyl sites for hydroxylation is 1. The van der Waals surface area contributed by atoms with Crippen molar-refractivity contribution in [2.45, 2.75) is 19.4 Å². The first-order valence-electron chi connectivity index (χ1n) is 8.37. The molecule has 0 aromatic heterocycles. The van der Waals surface area contributed by atoms with Crippen LogP contribution in [0.1, 0.15) is 22.3 Å². The number of halogens is 2. The van der Waals surface area contributed by atoms with Crippen molar-refractivity contribution in [2.24, 2.45) is 0 Å². The Kier molecular flexibility index (Phi) is 7.63. The Morgan fingerprint density at radius 3 is 2.46 bits per heavy atom. The van der Waals surface area contributed by atoms with Gasteiger partial charge in [-0.15, -0.1) is 0 Å². The van der Waals surface area contributed by atoms with Gasteiger partial charge in [-0.05, 0) is 59.1 Å². The van der Waals surface area contributed by atoms with Crippen molar-refractivity contribution >= 4 is 54.9 Å². The van der Waals surface area contributed by atoms with Crippen molar-refractivity contribution < 1.29 is 18.0 Å². The van der Waals surface area contributed by atoms with Crippen molar-refractivity contribution in [1.82, 2.24) is 5.32 Å². The molecule has 2 amide bonds. The summed E-state index contributed by atoms with van der Waals surface area (Å²) < 4.78 is 23.6. The highest BCUT2D eigenvalue weighted by Gasteiger charge is 2.24. The van der Waals surface area contributed by atoms with Crippen molar-refractivity contribution in [3.8, 4) is 0 Å². The molecular formula is C19H20BrClN2O4S. The van der Waals surface area contributed by atoms with E-state index in [2.05, 4.69) is 26.6 Å². The van der Waals surface area contributed by atoms with Crippen LogP contribution in [0, 0.1) is 6.92 Å². The summed E-state index contributed by atoms with van der Waals surface area (Å²) >= 11 is 9.37. The van der Waals surface area contributed by atoms with Gasteiger partial charge in [-0.25, -0.2) is 8.42 Å². The lowest BCUT2D eigenvalue weighted by Crippen LogP contribution is -2.44. The standard InChI is InChI=1S/C19H20BrClN2O4S/c1-12-7-8-13(11-16(12)21)22-19(25)17(9-10-28(2,26)27)23-18(24)14-5-3-4-6-15(14)20/h3-8,11,17H,9-10H2,1-2H3,(H,22,25)(H,23,24). The summed E-state index contributed by atoms with van der Waals surface area (Å²) in [6.07, 6.45) is 1.03. The van der Waals surface area contributed by atoms with Gasteiger partial charge in [0.05, 0.1) is 11.3 Å². The van der Waals surface area contributed by atoms with E-state index in [-0.39, 0.29) is 12.2 Å². The van der Waals surface area contributed by atoms with Gasteiger partial charge in [-0.3, -0.25) is 9.59 Å². The van der Waals surface area contributed by atoms with Gasteiger partial charge in [0, 0.05) is 21.4 Å². The largest absolute Gasteiger partial charge is 0.340 e. The van der Waals surface area contributed by atoms with Crippen LogP contribution < -0.4 is 10.6 Å². The summed E-state index contributed by atoms with van der Waals surface area (Å²) in [5.74, 6) is -1.25. The molecule has 0 saturated carbocycles. The molecule has 0 saturated heterocycles. The Balaban J connectivity index is 2.20. The summed E-state index contributed by atoms with van der Waals surface area (Å²) in [5, 5.41) is 5.78. The van der Waals surface area contributed by atoms with Crippen LogP contribution in [0.2, 0.25) is 5.02 Å². The third kappa shape index (κ3) is 6.61. The van der Waals surface area contributed by atoms with Crippen LogP contribution in [0.15, 0.2) is 46.9 Å². The number of hydrogen-bond acceptors (Lipinski definition) is 4. The lowest BCUT2D eigenvalue weighted by atomic mass is 10.1. The molecule has 0 bridgehead atoms. The molecule has 0 aliphatic heterocycles. The second kappa shape index (κ2) is 9.54. The highest BCUT2D eigenvalue weighted by atomic mass is 79.9. The van der Waals surface area contributed by atoms with Gasteiger partial charge in [-0.2, -0.15) is 0 Å². The number of carbonyl (C=O) groups is 2. The van der Waals surface area contributed by atoms with E-state index in [0.29, 0.717) is 20.7 Å². The minimum Gasteiger partial charge on any atom is -0.340 e. The molecule has 0 aliphatic rings. The van der Waals surface area contributed by atoms with Crippen LogP contribution >= 0.6 is 27.5 Å². The third-order valence-corrected chi connectivity index (χ3v) is 6.03. The molecule has 6 nitrogen and oxygen atoms in total. The minimum absolute atomic E-state index is 0.0551. The van der Waals surface area contributed by atoms with Gasteiger partial charge in [0.2, 0.25) is 5.91 Å². The summed E-state index contributed by atoms with van der Waals surface area (Å²) in [5.41, 5.74) is 1.66. The molecular weight excluding hydrogens is 468 g/mol. The minimum atomic E-state index is -3.31. The fraction of sp³-hybridized carbons (Fsp3) is 0.263. The maximum absolute atomic E-state index is 12.7. The second-order valence-corrected chi connectivity index (χ2v) is 9.90. The fourth-order valence-electron chi connectivity index (χ4n) is 2.38. The van der Waals surface area contributed by atoms with E-state index in [1.54, 1.807) is 42.5 Å². The smallest absolute Gasteiger partial charge is 0.253 e. The average molecular weight is 488 g/mol. The topological polar surface area (TPSA) is 92.3 Å². The molecule has 0 spiro atoms. The van der Waals surface area contributed by atoms with E-state index >= 15 is 0 Å². The number of anilines is 1. The molecule has 1 unspecified atom stereocenters. The fourth-order valence-corrected chi connectivity index (χ4v) is 3.69. The SMILES string of the molecule is Cc1ccc(NC(=O)C(CCS(C)(=O)=O)NC(=O)c2ccccc2Br)cc1Cl. The molecule has 0 aliphatic carbocycles. The zero-order valence-electron chi connectivity index (χ0n) is 15.3. The predicted octanol–water partition coefficient (Wildman–Crippen LogP) is 3.58. The van der Waals surface area contributed by atoms with Crippen LogP contribution in [0.3, 0.4) is 0 Å². The molecule has 0 fully saturated rings. The first-order valence-corrected chi connectivity index (χ1v) is 11.6. The summed E-state index contributed by atoms with van der Waals surface area (Å²) in [6, 6.07) is 10.8. The van der Waals surface area contributed by atoms with Crippen molar-refractivity contribution in [3.63, 3.8) is 0 Å². The van der Waals surface area contributed by atoms with Crippen molar-refractivity contribution in [1.29, 1.82) is 0 Å². The van der Waals surface area contributed by atoms with Crippen LogP contribution in [0.25, 0.3) is 0 Å². The number of nitrogens with one attached hydrogen (secondary N) is 2. The van der Waals surface area contributed by atoms with Crippen LogP contribution in [-0.4, -0.2) is 38.3 Å². The van der Waals surface area contributed by atoms with E-state index in [1.807, 2.05) is 6.92 Å². The molecule has 9 heteroatoms. The molecule has 150 valence electrons. The third-order valence-electron chi connectivity index (χ3n) is 3.96. The van der Waals surface area contributed by atoms with Gasteiger partial charge in [0.25, 0.3) is 5.91 Å². The molecule has 1 atom stereocenters. The van der Waals surface area contributed by atoms with E-state index in [9.17, 15) is 18.0 Å². The van der Waals surface area contributed by atoms with Crippen LogP contribution in [0.4, 0.5) is 5.69 Å². The molecule has 2 aromatic carbocycles. The highest BCUT2D eigenvalue weighted by Crippen LogP contribution is 2.20.